The van der Waals surface area contributed by atoms with Crippen molar-refractivity contribution in [1.82, 2.24) is 25.0 Å². The number of anilines is 1. The highest BCUT2D eigenvalue weighted by Gasteiger charge is 2.39. The van der Waals surface area contributed by atoms with Crippen molar-refractivity contribution in [2.45, 2.75) is 25.5 Å². The molecule has 1 aliphatic heterocycles. The number of nitrogens with one attached hydrogen (secondary N) is 1. The van der Waals surface area contributed by atoms with Crippen LogP contribution in [0, 0.1) is 6.92 Å². The number of amides is 2. The number of carbonyl (C=O) groups is 1. The van der Waals surface area contributed by atoms with Gasteiger partial charge in [0.25, 0.3) is 0 Å². The molecule has 2 amide bonds. The highest BCUT2D eigenvalue weighted by atomic mass is 16.5. The lowest BCUT2D eigenvalue weighted by molar-refractivity contribution is 0.111. The van der Waals surface area contributed by atoms with Gasteiger partial charge in [0.05, 0.1) is 13.2 Å². The minimum atomic E-state index is -0.347. The second-order valence-electron chi connectivity index (χ2n) is 5.32. The zero-order valence-electron chi connectivity index (χ0n) is 13.6. The molecule has 0 bridgehead atoms. The monoisotopic (exact) mass is 334 g/mol. The molecular weight excluding hydrogens is 316 g/mol. The van der Waals surface area contributed by atoms with E-state index in [0.29, 0.717) is 36.4 Å². The predicted molar refractivity (Wildman–Crippen MR) is 81.5 cm³/mol. The lowest BCUT2D eigenvalue weighted by atomic mass is 10.2. The number of hydrogen-bond donors (Lipinski definition) is 1. The Morgan fingerprint density at radius 1 is 1.42 bits per heavy atom. The molecule has 2 aromatic heterocycles. The van der Waals surface area contributed by atoms with Crippen LogP contribution < -0.4 is 10.1 Å². The maximum absolute atomic E-state index is 12.6. The highest BCUT2D eigenvalue weighted by molar-refractivity contribution is 5.88. The maximum Gasteiger partial charge on any atom is 0.323 e. The van der Waals surface area contributed by atoms with Crippen molar-refractivity contribution in [3.63, 3.8) is 0 Å². The number of ether oxygens (including phenoxy) is 2. The lowest BCUT2D eigenvalue weighted by Crippen LogP contribution is -2.36. The summed E-state index contributed by atoms with van der Waals surface area (Å²) >= 11 is 0. The van der Waals surface area contributed by atoms with E-state index in [1.54, 1.807) is 18.9 Å². The van der Waals surface area contributed by atoms with Gasteiger partial charge in [0, 0.05) is 26.1 Å². The Morgan fingerprint density at radius 2 is 2.25 bits per heavy atom. The van der Waals surface area contributed by atoms with Gasteiger partial charge < -0.3 is 18.9 Å². The van der Waals surface area contributed by atoms with E-state index in [1.165, 1.54) is 19.5 Å². The third kappa shape index (κ3) is 3.27. The van der Waals surface area contributed by atoms with Crippen LogP contribution in [0.5, 0.6) is 5.88 Å². The van der Waals surface area contributed by atoms with E-state index >= 15 is 0 Å². The number of aromatic nitrogens is 4. The van der Waals surface area contributed by atoms with Crippen molar-refractivity contribution in [2.75, 3.05) is 26.1 Å². The van der Waals surface area contributed by atoms with E-state index < -0.39 is 0 Å². The van der Waals surface area contributed by atoms with E-state index in [1.807, 2.05) is 0 Å². The number of aryl methyl sites for hydroxylation is 1. The molecule has 2 atom stereocenters. The van der Waals surface area contributed by atoms with E-state index in [4.69, 9.17) is 14.0 Å². The molecule has 24 heavy (non-hydrogen) atoms. The first kappa shape index (κ1) is 16.1. The molecule has 1 aliphatic rings. The fraction of sp³-hybridized carbons (Fsp3) is 0.500. The minimum Gasteiger partial charge on any atom is -0.481 e. The Hall–Kier alpha value is -2.75. The third-order valence-corrected chi connectivity index (χ3v) is 3.77. The molecule has 0 spiro atoms. The molecule has 1 saturated heterocycles. The third-order valence-electron chi connectivity index (χ3n) is 3.77. The van der Waals surface area contributed by atoms with Crippen LogP contribution >= 0.6 is 0 Å². The van der Waals surface area contributed by atoms with Crippen molar-refractivity contribution in [3.8, 4) is 5.88 Å². The van der Waals surface area contributed by atoms with E-state index in [9.17, 15) is 4.79 Å². The summed E-state index contributed by atoms with van der Waals surface area (Å²) in [4.78, 5) is 26.4. The predicted octanol–water partition coefficient (Wildman–Crippen LogP) is 1.17. The van der Waals surface area contributed by atoms with Crippen LogP contribution in [0.25, 0.3) is 0 Å². The van der Waals surface area contributed by atoms with Crippen molar-refractivity contribution in [2.24, 2.45) is 0 Å². The summed E-state index contributed by atoms with van der Waals surface area (Å²) in [6.45, 7) is 2.14. The van der Waals surface area contributed by atoms with Gasteiger partial charge in [0.15, 0.2) is 5.82 Å². The summed E-state index contributed by atoms with van der Waals surface area (Å²) in [5.74, 6) is 1.61. The molecular formula is C14H18N6O4. The number of hydrogen-bond acceptors (Lipinski definition) is 8. The molecule has 0 unspecified atom stereocenters. The van der Waals surface area contributed by atoms with Gasteiger partial charge >= 0.3 is 6.03 Å². The smallest absolute Gasteiger partial charge is 0.323 e. The van der Waals surface area contributed by atoms with Crippen molar-refractivity contribution in [3.05, 3.63) is 24.1 Å². The quantitative estimate of drug-likeness (QED) is 0.886. The van der Waals surface area contributed by atoms with Crippen LogP contribution in [0.1, 0.15) is 24.2 Å². The Morgan fingerprint density at radius 3 is 2.92 bits per heavy atom. The van der Waals surface area contributed by atoms with Crippen molar-refractivity contribution in [1.29, 1.82) is 0 Å². The largest absolute Gasteiger partial charge is 0.481 e. The molecule has 0 radical (unpaired) electrons. The Kier molecular flexibility index (Phi) is 4.56. The number of methoxy groups -OCH3 is 2. The van der Waals surface area contributed by atoms with Crippen LogP contribution in [-0.4, -0.2) is 57.9 Å². The average Bonchev–Trinajstić information content (AvgIpc) is 3.21. The number of likely N-dealkylation sites (tertiary alicyclic amines) is 1. The van der Waals surface area contributed by atoms with Crippen LogP contribution in [0.15, 0.2) is 16.9 Å². The first-order chi connectivity index (χ1) is 11.6. The molecule has 128 valence electrons. The molecule has 3 heterocycles. The summed E-state index contributed by atoms with van der Waals surface area (Å²) in [5, 5.41) is 6.51. The normalized spacial score (nSPS) is 20.2. The Labute approximate surface area is 138 Å². The Balaban J connectivity index is 1.78. The van der Waals surface area contributed by atoms with Gasteiger partial charge in [-0.2, -0.15) is 4.98 Å². The SMILES string of the molecule is COc1cc(NC(=O)N2C[C@@H](OC)C[C@@H]2c2nc(C)no2)ncn1. The lowest BCUT2D eigenvalue weighted by Gasteiger charge is -2.21. The summed E-state index contributed by atoms with van der Waals surface area (Å²) in [5.41, 5.74) is 0. The molecule has 3 rings (SSSR count). The van der Waals surface area contributed by atoms with Crippen molar-refractivity contribution >= 4 is 11.8 Å². The average molecular weight is 334 g/mol. The second-order valence-corrected chi connectivity index (χ2v) is 5.32. The standard InChI is InChI=1S/C14H18N6O4/c1-8-17-13(24-19-8)10-4-9(22-2)6-20(10)14(21)18-11-5-12(23-3)16-7-15-11/h5,7,9-10H,4,6H2,1-3H3,(H,15,16,18,21)/t9-,10+/m0/s1. The molecule has 0 aromatic carbocycles. The fourth-order valence-corrected chi connectivity index (χ4v) is 2.58. The van der Waals surface area contributed by atoms with Gasteiger partial charge in [-0.05, 0) is 6.92 Å². The topological polar surface area (TPSA) is 116 Å². The maximum atomic E-state index is 12.6. The highest BCUT2D eigenvalue weighted by Crippen LogP contribution is 2.32. The first-order valence-electron chi connectivity index (χ1n) is 7.37. The summed E-state index contributed by atoms with van der Waals surface area (Å²) < 4.78 is 15.6. The number of rotatable bonds is 4. The van der Waals surface area contributed by atoms with Crippen LogP contribution in [0.4, 0.5) is 10.6 Å². The van der Waals surface area contributed by atoms with Crippen LogP contribution in [-0.2, 0) is 4.74 Å². The number of urea groups is 1. The van der Waals surface area contributed by atoms with Gasteiger partial charge in [-0.25, -0.2) is 14.8 Å². The second kappa shape index (κ2) is 6.79. The summed E-state index contributed by atoms with van der Waals surface area (Å²) in [6.07, 6.45) is 1.79. The molecule has 1 fully saturated rings. The number of carbonyl (C=O) groups excluding carboxylic acids is 1. The van der Waals surface area contributed by atoms with Gasteiger partial charge in [-0.3, -0.25) is 5.32 Å². The van der Waals surface area contributed by atoms with Gasteiger partial charge in [-0.1, -0.05) is 5.16 Å². The molecule has 1 N–H and O–H groups in total. The zero-order valence-corrected chi connectivity index (χ0v) is 13.6. The summed E-state index contributed by atoms with van der Waals surface area (Å²) in [6, 6.07) is 0.851. The molecule has 0 saturated carbocycles. The van der Waals surface area contributed by atoms with Gasteiger partial charge in [-0.15, -0.1) is 0 Å². The van der Waals surface area contributed by atoms with Crippen molar-refractivity contribution < 1.29 is 18.8 Å². The molecule has 0 aliphatic carbocycles. The molecule has 10 heteroatoms. The van der Waals surface area contributed by atoms with Crippen LogP contribution in [0.2, 0.25) is 0 Å². The summed E-state index contributed by atoms with van der Waals surface area (Å²) in [7, 11) is 3.10. The van der Waals surface area contributed by atoms with E-state index in [2.05, 4.69) is 25.4 Å². The fourth-order valence-electron chi connectivity index (χ4n) is 2.58. The Bertz CT molecular complexity index is 721. The zero-order chi connectivity index (χ0) is 17.1. The minimum absolute atomic E-state index is 0.104. The van der Waals surface area contributed by atoms with E-state index in [0.717, 1.165) is 0 Å². The number of nitrogens with zero attached hydrogens (tertiary/aromatic N) is 5. The molecule has 2 aromatic rings. The van der Waals surface area contributed by atoms with Gasteiger partial charge in [0.1, 0.15) is 18.2 Å². The van der Waals surface area contributed by atoms with E-state index in [-0.39, 0.29) is 18.2 Å². The van der Waals surface area contributed by atoms with Crippen LogP contribution in [0.3, 0.4) is 0 Å². The van der Waals surface area contributed by atoms with Gasteiger partial charge in [0.2, 0.25) is 11.8 Å². The first-order valence-corrected chi connectivity index (χ1v) is 7.37. The molecule has 10 nitrogen and oxygen atoms in total.